The van der Waals surface area contributed by atoms with E-state index in [1.807, 2.05) is 0 Å². The molecule has 26 heavy (non-hydrogen) atoms. The Balaban J connectivity index is 1.64. The maximum atomic E-state index is 12.1. The number of aromatic nitrogens is 2. The third kappa shape index (κ3) is 3.85. The van der Waals surface area contributed by atoms with Crippen LogP contribution >= 0.6 is 0 Å². The van der Waals surface area contributed by atoms with Gasteiger partial charge < -0.3 is 19.7 Å². The predicted octanol–water partition coefficient (Wildman–Crippen LogP) is 0.552. The summed E-state index contributed by atoms with van der Waals surface area (Å²) in [5.41, 5.74) is 1.59. The topological polar surface area (TPSA) is 111 Å². The molecular formula is C18H20N2O6. The molecule has 2 N–H and O–H groups in total. The molecular weight excluding hydrogens is 340 g/mol. The minimum absolute atomic E-state index is 0.0493. The van der Waals surface area contributed by atoms with Crippen molar-refractivity contribution in [2.75, 3.05) is 13.2 Å². The summed E-state index contributed by atoms with van der Waals surface area (Å²) >= 11 is 0. The lowest BCUT2D eigenvalue weighted by Gasteiger charge is -2.14. The number of aliphatic hydroxyl groups is 1. The van der Waals surface area contributed by atoms with Gasteiger partial charge in [-0.05, 0) is 25.3 Å². The number of nitrogens with zero attached hydrogens (tertiary/aromatic N) is 2. The molecule has 1 aromatic heterocycles. The summed E-state index contributed by atoms with van der Waals surface area (Å²) < 4.78 is 11.9. The number of phenolic OH excluding ortho intramolecular Hbond substituents is 1. The van der Waals surface area contributed by atoms with E-state index in [2.05, 4.69) is 4.98 Å². The highest BCUT2D eigenvalue weighted by molar-refractivity contribution is 5.71. The molecule has 0 fully saturated rings. The number of rotatable bonds is 7. The Bertz CT molecular complexity index is 861. The number of benzene rings is 1. The highest BCUT2D eigenvalue weighted by atomic mass is 16.6. The molecule has 0 spiro atoms. The van der Waals surface area contributed by atoms with Gasteiger partial charge in [0.05, 0.1) is 13.2 Å². The Kier molecular flexibility index (Phi) is 5.52. The van der Waals surface area contributed by atoms with Crippen LogP contribution in [0.4, 0.5) is 0 Å². The van der Waals surface area contributed by atoms with Gasteiger partial charge in [-0.2, -0.15) is 4.98 Å². The van der Waals surface area contributed by atoms with Crippen LogP contribution < -0.4 is 10.4 Å². The normalized spacial score (nSPS) is 12.7. The van der Waals surface area contributed by atoms with Crippen molar-refractivity contribution >= 4 is 5.97 Å². The number of para-hydroxylation sites is 1. The maximum absolute atomic E-state index is 12.1. The van der Waals surface area contributed by atoms with Gasteiger partial charge in [0, 0.05) is 16.8 Å². The van der Waals surface area contributed by atoms with E-state index in [1.165, 1.54) is 10.6 Å². The van der Waals surface area contributed by atoms with Gasteiger partial charge in [0.1, 0.15) is 12.4 Å². The number of aromatic hydroxyl groups is 1. The fourth-order valence-corrected chi connectivity index (χ4v) is 3.00. The number of hydrogen-bond donors (Lipinski definition) is 2. The first-order valence-electron chi connectivity index (χ1n) is 8.39. The Labute approximate surface area is 149 Å². The van der Waals surface area contributed by atoms with Gasteiger partial charge in [-0.15, -0.1) is 0 Å². The molecule has 138 valence electrons. The number of esters is 1. The summed E-state index contributed by atoms with van der Waals surface area (Å²) in [4.78, 5) is 27.9. The van der Waals surface area contributed by atoms with Crippen LogP contribution in [-0.2, 0) is 35.5 Å². The average Bonchev–Trinajstić information content (AvgIpc) is 3.12. The summed E-state index contributed by atoms with van der Waals surface area (Å²) in [6.07, 6.45) is 2.28. The summed E-state index contributed by atoms with van der Waals surface area (Å²) in [6, 6.07) is 6.57. The van der Waals surface area contributed by atoms with Crippen molar-refractivity contribution in [2.24, 2.45) is 0 Å². The molecule has 1 aliphatic carbocycles. The predicted molar refractivity (Wildman–Crippen MR) is 91.0 cm³/mol. The van der Waals surface area contributed by atoms with Crippen LogP contribution in [0.3, 0.4) is 0 Å². The van der Waals surface area contributed by atoms with Crippen molar-refractivity contribution in [3.8, 4) is 11.6 Å². The van der Waals surface area contributed by atoms with Crippen molar-refractivity contribution < 1.29 is 24.5 Å². The summed E-state index contributed by atoms with van der Waals surface area (Å²) in [5.74, 6) is -0.425. The summed E-state index contributed by atoms with van der Waals surface area (Å²) in [7, 11) is 0. The van der Waals surface area contributed by atoms with Crippen molar-refractivity contribution in [1.82, 2.24) is 9.55 Å². The van der Waals surface area contributed by atoms with Gasteiger partial charge in [-0.25, -0.2) is 9.59 Å². The molecule has 0 aliphatic heterocycles. The van der Waals surface area contributed by atoms with E-state index in [1.54, 1.807) is 18.2 Å². The molecule has 0 unspecified atom stereocenters. The molecule has 8 nitrogen and oxygen atoms in total. The first kappa shape index (κ1) is 17.9. The molecule has 0 saturated heterocycles. The van der Waals surface area contributed by atoms with Crippen molar-refractivity contribution in [1.29, 1.82) is 0 Å². The first-order valence-corrected chi connectivity index (χ1v) is 8.39. The second-order valence-electron chi connectivity index (χ2n) is 5.93. The molecule has 1 heterocycles. The number of aliphatic hydroxyl groups excluding tert-OH is 1. The molecule has 0 atom stereocenters. The van der Waals surface area contributed by atoms with Gasteiger partial charge in [-0.3, -0.25) is 4.57 Å². The summed E-state index contributed by atoms with van der Waals surface area (Å²) in [6.45, 7) is -0.404. The first-order chi connectivity index (χ1) is 12.6. The number of ether oxygens (including phenoxy) is 2. The van der Waals surface area contributed by atoms with Crippen molar-refractivity contribution in [3.63, 3.8) is 0 Å². The minimum Gasteiger partial charge on any atom is -0.508 e. The standard InChI is InChI=1S/C18H20N2O6/c21-9-8-20-14-6-3-5-13(14)17(19-18(20)24)26-11-16(23)25-10-12-4-1-2-7-15(12)22/h1-2,4,7,21-22H,3,5-6,8-11H2. The highest BCUT2D eigenvalue weighted by Crippen LogP contribution is 2.27. The number of carbonyl (C=O) groups is 1. The zero-order chi connectivity index (χ0) is 18.5. The Morgan fingerprint density at radius 1 is 1.27 bits per heavy atom. The molecule has 3 rings (SSSR count). The molecule has 8 heteroatoms. The van der Waals surface area contributed by atoms with E-state index >= 15 is 0 Å². The SMILES string of the molecule is O=C(COc1nc(=O)n(CCO)c2c1CCC2)OCc1ccccc1O. The average molecular weight is 360 g/mol. The van der Waals surface area contributed by atoms with E-state index in [0.717, 1.165) is 17.7 Å². The minimum atomic E-state index is -0.624. The lowest BCUT2D eigenvalue weighted by molar-refractivity contribution is -0.147. The number of phenols is 1. The van der Waals surface area contributed by atoms with Gasteiger partial charge >= 0.3 is 11.7 Å². The van der Waals surface area contributed by atoms with Crippen LogP contribution in [0.25, 0.3) is 0 Å². The second-order valence-corrected chi connectivity index (χ2v) is 5.93. The summed E-state index contributed by atoms with van der Waals surface area (Å²) in [5, 5.41) is 18.7. The monoisotopic (exact) mass is 360 g/mol. The highest BCUT2D eigenvalue weighted by Gasteiger charge is 2.23. The van der Waals surface area contributed by atoms with E-state index in [0.29, 0.717) is 18.4 Å². The van der Waals surface area contributed by atoms with Crippen molar-refractivity contribution in [3.05, 3.63) is 51.6 Å². The number of hydrogen-bond acceptors (Lipinski definition) is 7. The zero-order valence-corrected chi connectivity index (χ0v) is 14.2. The van der Waals surface area contributed by atoms with Gasteiger partial charge in [0.15, 0.2) is 6.61 Å². The molecule has 1 aliphatic rings. The van der Waals surface area contributed by atoms with Crippen LogP contribution in [0.1, 0.15) is 23.2 Å². The van der Waals surface area contributed by atoms with E-state index in [4.69, 9.17) is 14.6 Å². The van der Waals surface area contributed by atoms with Gasteiger partial charge in [0.25, 0.3) is 0 Å². The van der Waals surface area contributed by atoms with E-state index < -0.39 is 11.7 Å². The Hall–Kier alpha value is -2.87. The van der Waals surface area contributed by atoms with Crippen LogP contribution in [0, 0.1) is 0 Å². The number of fused-ring (bicyclic) bond motifs is 1. The third-order valence-electron chi connectivity index (χ3n) is 4.23. The van der Waals surface area contributed by atoms with Crippen LogP contribution in [-0.4, -0.2) is 38.9 Å². The molecule has 0 amide bonds. The van der Waals surface area contributed by atoms with Crippen LogP contribution in [0.5, 0.6) is 11.6 Å². The molecule has 1 aromatic carbocycles. The zero-order valence-electron chi connectivity index (χ0n) is 14.2. The quantitative estimate of drug-likeness (QED) is 0.694. The largest absolute Gasteiger partial charge is 0.508 e. The maximum Gasteiger partial charge on any atom is 0.351 e. The van der Waals surface area contributed by atoms with E-state index in [-0.39, 0.29) is 38.0 Å². The van der Waals surface area contributed by atoms with Crippen molar-refractivity contribution in [2.45, 2.75) is 32.4 Å². The second kappa shape index (κ2) is 8.01. The smallest absolute Gasteiger partial charge is 0.351 e. The van der Waals surface area contributed by atoms with Gasteiger partial charge in [0.2, 0.25) is 5.88 Å². The Morgan fingerprint density at radius 2 is 2.08 bits per heavy atom. The fourth-order valence-electron chi connectivity index (χ4n) is 3.00. The van der Waals surface area contributed by atoms with Crippen LogP contribution in [0.2, 0.25) is 0 Å². The third-order valence-corrected chi connectivity index (χ3v) is 4.23. The van der Waals surface area contributed by atoms with Gasteiger partial charge in [-0.1, -0.05) is 18.2 Å². The number of carbonyl (C=O) groups excluding carboxylic acids is 1. The fraction of sp³-hybridized carbons (Fsp3) is 0.389. The lowest BCUT2D eigenvalue weighted by Crippen LogP contribution is -2.29. The molecule has 0 bridgehead atoms. The van der Waals surface area contributed by atoms with Crippen LogP contribution in [0.15, 0.2) is 29.1 Å². The molecule has 0 radical (unpaired) electrons. The lowest BCUT2D eigenvalue weighted by atomic mass is 10.2. The Morgan fingerprint density at radius 3 is 2.85 bits per heavy atom. The molecule has 0 saturated carbocycles. The molecule has 2 aromatic rings. The van der Waals surface area contributed by atoms with E-state index in [9.17, 15) is 14.7 Å².